The molecular weight excluding hydrogens is 160 g/mol. The first-order chi connectivity index (χ1) is 5.87. The number of likely N-dealkylation sites (N-methyl/N-ethyl adjacent to an activating group) is 1. The summed E-state index contributed by atoms with van der Waals surface area (Å²) in [5, 5.41) is 3.66. The summed E-state index contributed by atoms with van der Waals surface area (Å²) in [7, 11) is 2.22. The Balaban J connectivity index is 2.42. The van der Waals surface area contributed by atoms with Gasteiger partial charge in [0.25, 0.3) is 0 Å². The highest BCUT2D eigenvalue weighted by molar-refractivity contribution is 4.84. The van der Waals surface area contributed by atoms with E-state index in [-0.39, 0.29) is 0 Å². The summed E-state index contributed by atoms with van der Waals surface area (Å²) < 4.78 is 0. The number of nitrogens with zero attached hydrogens (tertiary/aromatic N) is 1. The van der Waals surface area contributed by atoms with E-state index in [1.54, 1.807) is 0 Å². The highest BCUT2D eigenvalue weighted by atomic mass is 15.2. The third-order valence-corrected chi connectivity index (χ3v) is 2.50. The average molecular weight is 184 g/mol. The molecule has 0 aromatic heterocycles. The van der Waals surface area contributed by atoms with Gasteiger partial charge in [-0.3, -0.25) is 0 Å². The van der Waals surface area contributed by atoms with Crippen LogP contribution in [0.2, 0.25) is 0 Å². The molecule has 0 amide bonds. The minimum atomic E-state index is 0.440. The molecule has 78 valence electrons. The third-order valence-electron chi connectivity index (χ3n) is 2.50. The number of nitrogens with one attached hydrogen (secondary N) is 1. The molecule has 1 rings (SSSR count). The molecule has 0 saturated carbocycles. The maximum absolute atomic E-state index is 3.66. The second-order valence-electron chi connectivity index (χ2n) is 5.75. The van der Waals surface area contributed by atoms with E-state index in [1.807, 2.05) is 0 Å². The van der Waals surface area contributed by atoms with Crippen LogP contribution < -0.4 is 5.32 Å². The van der Waals surface area contributed by atoms with Crippen molar-refractivity contribution in [2.24, 2.45) is 5.41 Å². The lowest BCUT2D eigenvalue weighted by Gasteiger charge is -2.38. The Morgan fingerprint density at radius 1 is 1.31 bits per heavy atom. The van der Waals surface area contributed by atoms with Crippen molar-refractivity contribution in [1.82, 2.24) is 10.2 Å². The van der Waals surface area contributed by atoms with Gasteiger partial charge in [0.15, 0.2) is 0 Å². The van der Waals surface area contributed by atoms with E-state index in [4.69, 9.17) is 0 Å². The average Bonchev–Trinajstić information content (AvgIpc) is 1.78. The van der Waals surface area contributed by atoms with Gasteiger partial charge >= 0.3 is 0 Å². The summed E-state index contributed by atoms with van der Waals surface area (Å²) >= 11 is 0. The monoisotopic (exact) mass is 184 g/mol. The Kier molecular flexibility index (Phi) is 3.36. The van der Waals surface area contributed by atoms with Crippen LogP contribution in [-0.4, -0.2) is 37.1 Å². The van der Waals surface area contributed by atoms with Crippen molar-refractivity contribution in [3.8, 4) is 0 Å². The number of rotatable bonds is 1. The molecule has 0 aliphatic carbocycles. The minimum absolute atomic E-state index is 0.440. The van der Waals surface area contributed by atoms with Gasteiger partial charge in [-0.05, 0) is 25.8 Å². The fourth-order valence-corrected chi connectivity index (χ4v) is 2.29. The first kappa shape index (κ1) is 11.0. The molecule has 1 heterocycles. The highest BCUT2D eigenvalue weighted by Gasteiger charge is 2.25. The van der Waals surface area contributed by atoms with Gasteiger partial charge in [0.1, 0.15) is 0 Å². The van der Waals surface area contributed by atoms with Crippen molar-refractivity contribution in [2.45, 2.75) is 46.2 Å². The van der Waals surface area contributed by atoms with Crippen LogP contribution in [0.25, 0.3) is 0 Å². The van der Waals surface area contributed by atoms with Crippen LogP contribution in [0.5, 0.6) is 0 Å². The van der Waals surface area contributed by atoms with Crippen molar-refractivity contribution < 1.29 is 0 Å². The maximum atomic E-state index is 3.66. The zero-order chi connectivity index (χ0) is 10.1. The molecule has 1 aliphatic rings. The first-order valence-electron chi connectivity index (χ1n) is 5.31. The zero-order valence-electron chi connectivity index (χ0n) is 9.72. The molecule has 0 spiro atoms. The normalized spacial score (nSPS) is 32.1. The van der Waals surface area contributed by atoms with Gasteiger partial charge in [-0.2, -0.15) is 0 Å². The summed E-state index contributed by atoms with van der Waals surface area (Å²) in [5.74, 6) is 0. The maximum Gasteiger partial charge on any atom is 0.0202 e. The Labute approximate surface area is 82.7 Å². The molecule has 1 fully saturated rings. The van der Waals surface area contributed by atoms with E-state index in [2.05, 4.69) is 45.0 Å². The van der Waals surface area contributed by atoms with Crippen LogP contribution in [0.3, 0.4) is 0 Å². The minimum Gasteiger partial charge on any atom is -0.309 e. The zero-order valence-corrected chi connectivity index (χ0v) is 9.72. The van der Waals surface area contributed by atoms with Crippen LogP contribution in [0, 0.1) is 5.41 Å². The molecule has 2 nitrogen and oxygen atoms in total. The Bertz CT molecular complexity index is 150. The lowest BCUT2D eigenvalue weighted by Crippen LogP contribution is -2.54. The van der Waals surface area contributed by atoms with Crippen molar-refractivity contribution >= 4 is 0 Å². The molecular formula is C11H24N2. The third kappa shape index (κ3) is 4.10. The van der Waals surface area contributed by atoms with Gasteiger partial charge in [0.2, 0.25) is 0 Å². The molecule has 2 atom stereocenters. The van der Waals surface area contributed by atoms with Crippen molar-refractivity contribution in [2.75, 3.05) is 20.1 Å². The predicted molar refractivity (Wildman–Crippen MR) is 58.0 cm³/mol. The van der Waals surface area contributed by atoms with Crippen LogP contribution in [0.4, 0.5) is 0 Å². The van der Waals surface area contributed by atoms with Crippen molar-refractivity contribution in [1.29, 1.82) is 0 Å². The lowest BCUT2D eigenvalue weighted by molar-refractivity contribution is 0.165. The van der Waals surface area contributed by atoms with E-state index in [0.717, 1.165) is 0 Å². The van der Waals surface area contributed by atoms with E-state index in [0.29, 0.717) is 17.5 Å². The summed E-state index contributed by atoms with van der Waals surface area (Å²) in [6, 6.07) is 1.32. The van der Waals surface area contributed by atoms with Crippen molar-refractivity contribution in [3.63, 3.8) is 0 Å². The first-order valence-corrected chi connectivity index (χ1v) is 5.31. The highest BCUT2D eigenvalue weighted by Crippen LogP contribution is 2.22. The smallest absolute Gasteiger partial charge is 0.0202 e. The van der Waals surface area contributed by atoms with Crippen LogP contribution in [-0.2, 0) is 0 Å². The van der Waals surface area contributed by atoms with Gasteiger partial charge in [-0.25, -0.2) is 0 Å². The van der Waals surface area contributed by atoms with Gasteiger partial charge < -0.3 is 10.2 Å². The largest absolute Gasteiger partial charge is 0.309 e. The number of piperazine rings is 1. The molecule has 13 heavy (non-hydrogen) atoms. The topological polar surface area (TPSA) is 15.3 Å². The van der Waals surface area contributed by atoms with E-state index in [9.17, 15) is 0 Å². The standard InChI is InChI=1S/C11H24N2/c1-9-7-13(5)8-10(12-9)6-11(2,3)4/h9-10,12H,6-8H2,1-5H3. The van der Waals surface area contributed by atoms with E-state index >= 15 is 0 Å². The molecule has 0 aromatic carbocycles. The molecule has 1 aliphatic heterocycles. The summed E-state index contributed by atoms with van der Waals surface area (Å²) in [6.07, 6.45) is 1.27. The second-order valence-corrected chi connectivity index (χ2v) is 5.75. The van der Waals surface area contributed by atoms with Crippen LogP contribution in [0.15, 0.2) is 0 Å². The van der Waals surface area contributed by atoms with Gasteiger partial charge in [-0.1, -0.05) is 20.8 Å². The van der Waals surface area contributed by atoms with Crippen LogP contribution >= 0.6 is 0 Å². The SMILES string of the molecule is CC1CN(C)CC(CC(C)(C)C)N1. The lowest BCUT2D eigenvalue weighted by atomic mass is 9.87. The fraction of sp³-hybridized carbons (Fsp3) is 1.00. The summed E-state index contributed by atoms with van der Waals surface area (Å²) in [4.78, 5) is 2.43. The molecule has 0 bridgehead atoms. The number of hydrogen-bond acceptors (Lipinski definition) is 2. The second kappa shape index (κ2) is 3.97. The predicted octanol–water partition coefficient (Wildman–Crippen LogP) is 1.71. The molecule has 0 aromatic rings. The molecule has 1 N–H and O–H groups in total. The fourth-order valence-electron chi connectivity index (χ4n) is 2.29. The van der Waals surface area contributed by atoms with Gasteiger partial charge in [0.05, 0.1) is 0 Å². The van der Waals surface area contributed by atoms with E-state index in [1.165, 1.54) is 19.5 Å². The number of hydrogen-bond donors (Lipinski definition) is 1. The van der Waals surface area contributed by atoms with Crippen LogP contribution in [0.1, 0.15) is 34.1 Å². The van der Waals surface area contributed by atoms with Gasteiger partial charge in [0, 0.05) is 25.2 Å². The molecule has 1 saturated heterocycles. The molecule has 2 unspecified atom stereocenters. The molecule has 0 radical (unpaired) electrons. The summed E-state index contributed by atoms with van der Waals surface area (Å²) in [5.41, 5.74) is 0.440. The summed E-state index contributed by atoms with van der Waals surface area (Å²) in [6.45, 7) is 11.6. The Morgan fingerprint density at radius 3 is 2.38 bits per heavy atom. The quantitative estimate of drug-likeness (QED) is 0.667. The Morgan fingerprint density at radius 2 is 1.92 bits per heavy atom. The van der Waals surface area contributed by atoms with Crippen molar-refractivity contribution in [3.05, 3.63) is 0 Å². The molecule has 2 heteroatoms. The Hall–Kier alpha value is -0.0800. The van der Waals surface area contributed by atoms with E-state index < -0.39 is 0 Å². The van der Waals surface area contributed by atoms with Gasteiger partial charge in [-0.15, -0.1) is 0 Å².